The Morgan fingerprint density at radius 2 is 1.56 bits per heavy atom. The lowest BCUT2D eigenvalue weighted by Gasteiger charge is -2.13. The van der Waals surface area contributed by atoms with Crippen molar-refractivity contribution in [1.82, 2.24) is 10.9 Å². The highest BCUT2D eigenvalue weighted by atomic mass is 35.5. The fraction of sp³-hybridized carbons (Fsp3) is 0.222. The van der Waals surface area contributed by atoms with Crippen LogP contribution >= 0.6 is 11.6 Å². The van der Waals surface area contributed by atoms with E-state index in [-0.39, 0.29) is 5.56 Å². The third-order valence-corrected chi connectivity index (χ3v) is 3.54. The van der Waals surface area contributed by atoms with Crippen LogP contribution in [0.25, 0.3) is 0 Å². The van der Waals surface area contributed by atoms with Gasteiger partial charge in [0.2, 0.25) is 0 Å². The highest BCUT2D eigenvalue weighted by Gasteiger charge is 2.14. The number of halogens is 1. The Balaban J connectivity index is 2.06. The molecule has 2 N–H and O–H groups in total. The summed E-state index contributed by atoms with van der Waals surface area (Å²) < 4.78 is 10.9. The van der Waals surface area contributed by atoms with Crippen LogP contribution < -0.4 is 20.3 Å². The van der Waals surface area contributed by atoms with Gasteiger partial charge in [-0.2, -0.15) is 0 Å². The number of carbonyl (C=O) groups is 2. The zero-order chi connectivity index (χ0) is 18.2. The molecule has 0 bridgehead atoms. The zero-order valence-corrected chi connectivity index (χ0v) is 14.7. The predicted octanol–water partition coefficient (Wildman–Crippen LogP) is 3.21. The maximum atomic E-state index is 12.2. The monoisotopic (exact) mass is 362 g/mol. The molecule has 0 heterocycles. The van der Waals surface area contributed by atoms with E-state index in [2.05, 4.69) is 10.9 Å². The maximum Gasteiger partial charge on any atom is 0.271 e. The molecule has 6 nitrogen and oxygen atoms in total. The second-order valence-electron chi connectivity index (χ2n) is 4.92. The molecular weight excluding hydrogens is 344 g/mol. The fourth-order valence-corrected chi connectivity index (χ4v) is 2.31. The van der Waals surface area contributed by atoms with Crippen molar-refractivity contribution in [3.63, 3.8) is 0 Å². The first-order chi connectivity index (χ1) is 12.1. The van der Waals surface area contributed by atoms with Crippen LogP contribution in [0.4, 0.5) is 0 Å². The van der Waals surface area contributed by atoms with Crippen LogP contribution in [-0.4, -0.2) is 25.0 Å². The Hall–Kier alpha value is -2.73. The molecule has 0 spiro atoms. The van der Waals surface area contributed by atoms with E-state index in [4.69, 9.17) is 21.1 Å². The summed E-state index contributed by atoms with van der Waals surface area (Å²) in [7, 11) is 0. The summed E-state index contributed by atoms with van der Waals surface area (Å²) >= 11 is 5.95. The molecular formula is C18H19ClN2O4. The van der Waals surface area contributed by atoms with Gasteiger partial charge in [0, 0.05) is 5.56 Å². The normalized spacial score (nSPS) is 10.0. The molecule has 0 aliphatic heterocycles. The van der Waals surface area contributed by atoms with Crippen LogP contribution in [-0.2, 0) is 0 Å². The second-order valence-corrected chi connectivity index (χ2v) is 5.32. The van der Waals surface area contributed by atoms with E-state index in [1.54, 1.807) is 42.5 Å². The fourth-order valence-electron chi connectivity index (χ4n) is 2.09. The molecule has 0 atom stereocenters. The standard InChI is InChI=1S/C18H19ClN2O4/c1-3-24-15-10-9-12(11-16(15)25-4-2)17(22)20-21-18(23)13-7-5-6-8-14(13)19/h5-11H,3-4H2,1-2H3,(H,20,22)(H,21,23). The smallest absolute Gasteiger partial charge is 0.271 e. The topological polar surface area (TPSA) is 76.7 Å². The number of hydrazine groups is 1. The van der Waals surface area contributed by atoms with E-state index in [0.717, 1.165) is 0 Å². The largest absolute Gasteiger partial charge is 0.490 e. The van der Waals surface area contributed by atoms with Crippen molar-refractivity contribution in [1.29, 1.82) is 0 Å². The second kappa shape index (κ2) is 8.94. The van der Waals surface area contributed by atoms with Crippen LogP contribution in [0.15, 0.2) is 42.5 Å². The van der Waals surface area contributed by atoms with E-state index in [1.807, 2.05) is 13.8 Å². The number of carbonyl (C=O) groups excluding carboxylic acids is 2. The number of benzene rings is 2. The van der Waals surface area contributed by atoms with Gasteiger partial charge in [-0.15, -0.1) is 0 Å². The number of hydrogen-bond donors (Lipinski definition) is 2. The maximum absolute atomic E-state index is 12.2. The van der Waals surface area contributed by atoms with Gasteiger partial charge < -0.3 is 9.47 Å². The first-order valence-corrected chi connectivity index (χ1v) is 8.19. The lowest BCUT2D eigenvalue weighted by molar-refractivity contribution is 0.0846. The summed E-state index contributed by atoms with van der Waals surface area (Å²) in [6.07, 6.45) is 0. The molecule has 0 aromatic heterocycles. The number of ether oxygens (including phenoxy) is 2. The summed E-state index contributed by atoms with van der Waals surface area (Å²) in [5.74, 6) is 0.0368. The lowest BCUT2D eigenvalue weighted by Crippen LogP contribution is -2.41. The first-order valence-electron chi connectivity index (χ1n) is 7.81. The van der Waals surface area contributed by atoms with E-state index in [1.165, 1.54) is 0 Å². The van der Waals surface area contributed by atoms with Gasteiger partial charge in [-0.1, -0.05) is 23.7 Å². The minimum Gasteiger partial charge on any atom is -0.490 e. The van der Waals surface area contributed by atoms with Gasteiger partial charge in [0.25, 0.3) is 11.8 Å². The average molecular weight is 363 g/mol. The summed E-state index contributed by atoms with van der Waals surface area (Å²) in [5, 5.41) is 0.300. The molecule has 0 aliphatic carbocycles. The first kappa shape index (κ1) is 18.6. The van der Waals surface area contributed by atoms with Gasteiger partial charge in [0.05, 0.1) is 23.8 Å². The summed E-state index contributed by atoms with van der Waals surface area (Å²) in [5.41, 5.74) is 5.28. The third kappa shape index (κ3) is 4.87. The Bertz CT molecular complexity index is 764. The predicted molar refractivity (Wildman–Crippen MR) is 95.2 cm³/mol. The molecule has 25 heavy (non-hydrogen) atoms. The van der Waals surface area contributed by atoms with Crippen molar-refractivity contribution in [3.05, 3.63) is 58.6 Å². The molecule has 2 amide bonds. The number of nitrogens with one attached hydrogen (secondary N) is 2. The van der Waals surface area contributed by atoms with E-state index in [0.29, 0.717) is 35.3 Å². The molecule has 2 rings (SSSR count). The van der Waals surface area contributed by atoms with Crippen LogP contribution in [0.2, 0.25) is 5.02 Å². The quantitative estimate of drug-likeness (QED) is 0.773. The molecule has 0 saturated carbocycles. The van der Waals surface area contributed by atoms with Gasteiger partial charge in [0.15, 0.2) is 11.5 Å². The van der Waals surface area contributed by atoms with Gasteiger partial charge in [-0.05, 0) is 44.2 Å². The highest BCUT2D eigenvalue weighted by molar-refractivity contribution is 6.33. The van der Waals surface area contributed by atoms with E-state index < -0.39 is 11.8 Å². The van der Waals surface area contributed by atoms with E-state index >= 15 is 0 Å². The van der Waals surface area contributed by atoms with Crippen molar-refractivity contribution in [3.8, 4) is 11.5 Å². The van der Waals surface area contributed by atoms with Crippen molar-refractivity contribution < 1.29 is 19.1 Å². The van der Waals surface area contributed by atoms with Gasteiger partial charge in [0.1, 0.15) is 0 Å². The minimum atomic E-state index is -0.505. The van der Waals surface area contributed by atoms with E-state index in [9.17, 15) is 9.59 Å². The number of amides is 2. The Kier molecular flexibility index (Phi) is 6.65. The average Bonchev–Trinajstić information content (AvgIpc) is 2.61. The molecule has 2 aromatic rings. The Labute approximate surface area is 151 Å². The van der Waals surface area contributed by atoms with Crippen molar-refractivity contribution >= 4 is 23.4 Å². The molecule has 0 saturated heterocycles. The summed E-state index contributed by atoms with van der Waals surface area (Å²) in [4.78, 5) is 24.3. The third-order valence-electron chi connectivity index (χ3n) is 3.21. The molecule has 7 heteroatoms. The molecule has 0 radical (unpaired) electrons. The van der Waals surface area contributed by atoms with Gasteiger partial charge >= 0.3 is 0 Å². The Morgan fingerprint density at radius 3 is 2.24 bits per heavy atom. The Morgan fingerprint density at radius 1 is 0.920 bits per heavy atom. The molecule has 132 valence electrons. The van der Waals surface area contributed by atoms with Crippen LogP contribution in [0.5, 0.6) is 11.5 Å². The number of hydrogen-bond acceptors (Lipinski definition) is 4. The van der Waals surface area contributed by atoms with Crippen molar-refractivity contribution in [2.75, 3.05) is 13.2 Å². The summed E-state index contributed by atoms with van der Waals surface area (Å²) in [6.45, 7) is 4.63. The van der Waals surface area contributed by atoms with Crippen LogP contribution in [0, 0.1) is 0 Å². The molecule has 0 fully saturated rings. The SMILES string of the molecule is CCOc1ccc(C(=O)NNC(=O)c2ccccc2Cl)cc1OCC. The lowest BCUT2D eigenvalue weighted by atomic mass is 10.2. The van der Waals surface area contributed by atoms with Gasteiger partial charge in [-0.25, -0.2) is 0 Å². The summed E-state index contributed by atoms with van der Waals surface area (Å²) in [6, 6.07) is 11.4. The van der Waals surface area contributed by atoms with Crippen LogP contribution in [0.1, 0.15) is 34.6 Å². The van der Waals surface area contributed by atoms with Gasteiger partial charge in [-0.3, -0.25) is 20.4 Å². The zero-order valence-electron chi connectivity index (χ0n) is 14.0. The van der Waals surface area contributed by atoms with Crippen LogP contribution in [0.3, 0.4) is 0 Å². The number of rotatable bonds is 6. The molecule has 0 unspecified atom stereocenters. The molecule has 0 aliphatic rings. The van der Waals surface area contributed by atoms with Crippen molar-refractivity contribution in [2.24, 2.45) is 0 Å². The van der Waals surface area contributed by atoms with Crippen molar-refractivity contribution in [2.45, 2.75) is 13.8 Å². The minimum absolute atomic E-state index is 0.270. The molecule has 2 aromatic carbocycles. The highest BCUT2D eigenvalue weighted by Crippen LogP contribution is 2.28.